The molecule has 1 aromatic heterocycles. The van der Waals surface area contributed by atoms with Crippen LogP contribution < -0.4 is 4.74 Å². The first-order chi connectivity index (χ1) is 12.2. The number of halogens is 1. The third-order valence-electron chi connectivity index (χ3n) is 4.80. The Balaban J connectivity index is 1.50. The van der Waals surface area contributed by atoms with E-state index in [9.17, 15) is 9.50 Å². The largest absolute Gasteiger partial charge is 0.491 e. The lowest BCUT2D eigenvalue weighted by Gasteiger charge is -2.26. The maximum atomic E-state index is 12.9. The Morgan fingerprint density at radius 2 is 1.92 bits per heavy atom. The van der Waals surface area contributed by atoms with Gasteiger partial charge in [-0.3, -0.25) is 0 Å². The van der Waals surface area contributed by atoms with Crippen LogP contribution in [-0.2, 0) is 6.54 Å². The minimum atomic E-state index is -0.665. The fourth-order valence-electron chi connectivity index (χ4n) is 3.25. The molecule has 1 aliphatic carbocycles. The number of hydrogen-bond donors (Lipinski definition) is 1. The van der Waals surface area contributed by atoms with E-state index in [4.69, 9.17) is 9.72 Å². The number of hydrogen-bond acceptors (Lipinski definition) is 3. The topological polar surface area (TPSA) is 47.3 Å². The number of para-hydroxylation sites is 2. The molecule has 2 aromatic carbocycles. The van der Waals surface area contributed by atoms with Crippen molar-refractivity contribution in [2.45, 2.75) is 37.8 Å². The minimum Gasteiger partial charge on any atom is -0.491 e. The van der Waals surface area contributed by atoms with Crippen LogP contribution in [0.1, 0.15) is 31.0 Å². The summed E-state index contributed by atoms with van der Waals surface area (Å²) in [6.45, 7) is 0.593. The lowest BCUT2D eigenvalue weighted by Crippen LogP contribution is -2.26. The number of aliphatic hydroxyl groups excluding tert-OH is 1. The Labute approximate surface area is 145 Å². The quantitative estimate of drug-likeness (QED) is 0.741. The number of aliphatic hydroxyl groups is 1. The fourth-order valence-corrected chi connectivity index (χ4v) is 3.25. The Morgan fingerprint density at radius 1 is 1.16 bits per heavy atom. The van der Waals surface area contributed by atoms with Gasteiger partial charge in [0, 0.05) is 5.92 Å². The second kappa shape index (κ2) is 6.84. The molecule has 5 heteroatoms. The average molecular weight is 340 g/mol. The number of benzene rings is 2. The Hall–Kier alpha value is -2.40. The SMILES string of the molecule is OC(COc1ccc(F)cc1)Cn1c(C2CCC2)nc2ccccc21. The number of imidazole rings is 1. The molecule has 0 amide bonds. The van der Waals surface area contributed by atoms with Gasteiger partial charge in [0.05, 0.1) is 17.6 Å². The molecule has 25 heavy (non-hydrogen) atoms. The summed E-state index contributed by atoms with van der Waals surface area (Å²) in [6, 6.07) is 13.8. The molecule has 0 aliphatic heterocycles. The van der Waals surface area contributed by atoms with Gasteiger partial charge in [0.2, 0.25) is 0 Å². The van der Waals surface area contributed by atoms with Gasteiger partial charge in [0.25, 0.3) is 0 Å². The van der Waals surface area contributed by atoms with Crippen molar-refractivity contribution in [1.29, 1.82) is 0 Å². The molecule has 1 N–H and O–H groups in total. The predicted molar refractivity (Wildman–Crippen MR) is 94.2 cm³/mol. The van der Waals surface area contributed by atoms with E-state index in [2.05, 4.69) is 4.57 Å². The molecular weight excluding hydrogens is 319 g/mol. The van der Waals surface area contributed by atoms with Gasteiger partial charge < -0.3 is 14.4 Å². The standard InChI is InChI=1S/C20H21FN2O2/c21-15-8-10-17(11-9-15)25-13-16(24)12-23-19-7-2-1-6-18(19)22-20(23)14-4-3-5-14/h1-2,6-11,14,16,24H,3-5,12-13H2. The van der Waals surface area contributed by atoms with Crippen LogP contribution in [0.25, 0.3) is 11.0 Å². The van der Waals surface area contributed by atoms with Crippen LogP contribution in [0.2, 0.25) is 0 Å². The van der Waals surface area contributed by atoms with Gasteiger partial charge in [-0.25, -0.2) is 9.37 Å². The van der Waals surface area contributed by atoms with E-state index in [0.717, 1.165) is 29.7 Å². The summed E-state index contributed by atoms with van der Waals surface area (Å²) in [5.41, 5.74) is 2.02. The highest BCUT2D eigenvalue weighted by Crippen LogP contribution is 2.37. The van der Waals surface area contributed by atoms with Crippen molar-refractivity contribution in [3.63, 3.8) is 0 Å². The molecule has 130 valence electrons. The van der Waals surface area contributed by atoms with Crippen molar-refractivity contribution in [3.8, 4) is 5.75 Å². The van der Waals surface area contributed by atoms with Gasteiger partial charge in [-0.2, -0.15) is 0 Å². The van der Waals surface area contributed by atoms with Crippen molar-refractivity contribution in [1.82, 2.24) is 9.55 Å². The highest BCUT2D eigenvalue weighted by Gasteiger charge is 2.26. The zero-order chi connectivity index (χ0) is 17.2. The smallest absolute Gasteiger partial charge is 0.123 e. The molecule has 4 nitrogen and oxygen atoms in total. The molecule has 3 aromatic rings. The molecule has 0 bridgehead atoms. The molecule has 1 unspecified atom stereocenters. The lowest BCUT2D eigenvalue weighted by molar-refractivity contribution is 0.0919. The van der Waals surface area contributed by atoms with E-state index in [1.165, 1.54) is 18.6 Å². The molecule has 1 heterocycles. The second-order valence-corrected chi connectivity index (χ2v) is 6.62. The predicted octanol–water partition coefficient (Wildman–Crippen LogP) is 3.88. The fraction of sp³-hybridized carbons (Fsp3) is 0.350. The maximum Gasteiger partial charge on any atom is 0.123 e. The second-order valence-electron chi connectivity index (χ2n) is 6.62. The summed E-state index contributed by atoms with van der Waals surface area (Å²) < 4.78 is 20.6. The van der Waals surface area contributed by atoms with E-state index >= 15 is 0 Å². The summed E-state index contributed by atoms with van der Waals surface area (Å²) in [4.78, 5) is 4.79. The van der Waals surface area contributed by atoms with Crippen LogP contribution in [0.3, 0.4) is 0 Å². The minimum absolute atomic E-state index is 0.155. The Kier molecular flexibility index (Phi) is 4.40. The molecule has 1 atom stereocenters. The van der Waals surface area contributed by atoms with Gasteiger partial charge in [0.15, 0.2) is 0 Å². The third-order valence-corrected chi connectivity index (χ3v) is 4.80. The number of fused-ring (bicyclic) bond motifs is 1. The summed E-state index contributed by atoms with van der Waals surface area (Å²) in [5, 5.41) is 10.4. The first kappa shape index (κ1) is 16.1. The van der Waals surface area contributed by atoms with E-state index in [0.29, 0.717) is 18.2 Å². The van der Waals surface area contributed by atoms with Crippen LogP contribution >= 0.6 is 0 Å². The van der Waals surface area contributed by atoms with Crippen LogP contribution in [0.5, 0.6) is 5.75 Å². The number of aromatic nitrogens is 2. The van der Waals surface area contributed by atoms with E-state index in [-0.39, 0.29) is 12.4 Å². The molecule has 4 rings (SSSR count). The molecule has 0 radical (unpaired) electrons. The number of ether oxygens (including phenoxy) is 1. The Morgan fingerprint density at radius 3 is 2.64 bits per heavy atom. The molecule has 0 spiro atoms. The molecule has 1 aliphatic rings. The van der Waals surface area contributed by atoms with Crippen molar-refractivity contribution < 1.29 is 14.2 Å². The molecule has 1 fully saturated rings. The number of rotatable bonds is 6. The Bertz CT molecular complexity index is 856. The van der Waals surface area contributed by atoms with Crippen LogP contribution in [0.15, 0.2) is 48.5 Å². The summed E-state index contributed by atoms with van der Waals surface area (Å²) in [7, 11) is 0. The van der Waals surface area contributed by atoms with Crippen LogP contribution in [0, 0.1) is 5.82 Å². The van der Waals surface area contributed by atoms with Crippen LogP contribution in [-0.4, -0.2) is 27.4 Å². The first-order valence-electron chi connectivity index (χ1n) is 8.72. The summed E-state index contributed by atoms with van der Waals surface area (Å²) in [5.74, 6) is 1.80. The average Bonchev–Trinajstić information content (AvgIpc) is 2.91. The molecule has 0 saturated heterocycles. The van der Waals surface area contributed by atoms with Crippen molar-refractivity contribution in [3.05, 3.63) is 60.2 Å². The van der Waals surface area contributed by atoms with Gasteiger partial charge in [0.1, 0.15) is 30.1 Å². The van der Waals surface area contributed by atoms with E-state index in [1.807, 2.05) is 24.3 Å². The molecule has 1 saturated carbocycles. The van der Waals surface area contributed by atoms with Gasteiger partial charge in [-0.05, 0) is 49.2 Å². The number of nitrogens with zero attached hydrogens (tertiary/aromatic N) is 2. The highest BCUT2D eigenvalue weighted by molar-refractivity contribution is 5.76. The van der Waals surface area contributed by atoms with Gasteiger partial charge in [-0.1, -0.05) is 18.6 Å². The van der Waals surface area contributed by atoms with Crippen molar-refractivity contribution in [2.24, 2.45) is 0 Å². The third kappa shape index (κ3) is 3.37. The monoisotopic (exact) mass is 340 g/mol. The zero-order valence-electron chi connectivity index (χ0n) is 13.9. The normalized spacial score (nSPS) is 15.9. The molecular formula is C20H21FN2O2. The summed E-state index contributed by atoms with van der Waals surface area (Å²) in [6.07, 6.45) is 2.89. The van der Waals surface area contributed by atoms with Crippen molar-refractivity contribution in [2.75, 3.05) is 6.61 Å². The van der Waals surface area contributed by atoms with Crippen molar-refractivity contribution >= 4 is 11.0 Å². The van der Waals surface area contributed by atoms with Gasteiger partial charge in [-0.15, -0.1) is 0 Å². The first-order valence-corrected chi connectivity index (χ1v) is 8.72. The van der Waals surface area contributed by atoms with Crippen LogP contribution in [0.4, 0.5) is 4.39 Å². The highest BCUT2D eigenvalue weighted by atomic mass is 19.1. The zero-order valence-corrected chi connectivity index (χ0v) is 13.9. The lowest BCUT2D eigenvalue weighted by atomic mass is 9.85. The van der Waals surface area contributed by atoms with E-state index < -0.39 is 6.10 Å². The van der Waals surface area contributed by atoms with E-state index in [1.54, 1.807) is 12.1 Å². The summed E-state index contributed by atoms with van der Waals surface area (Å²) >= 11 is 0. The maximum absolute atomic E-state index is 12.9. The van der Waals surface area contributed by atoms with Gasteiger partial charge >= 0.3 is 0 Å².